The molecule has 1 aliphatic rings. The Labute approximate surface area is 152 Å². The molecule has 7 heteroatoms. The molecule has 1 aromatic carbocycles. The number of carbonyl (C=O) groups excluding carboxylic acids is 1. The van der Waals surface area contributed by atoms with Gasteiger partial charge in [0.2, 0.25) is 0 Å². The number of carbonyl (C=O) groups is 1. The van der Waals surface area contributed by atoms with Crippen molar-refractivity contribution in [2.24, 2.45) is 5.92 Å². The fraction of sp³-hybridized carbons (Fsp3) is 0.474. The lowest BCUT2D eigenvalue weighted by atomic mass is 10.1. The topological polar surface area (TPSA) is 70.4 Å². The van der Waals surface area contributed by atoms with E-state index in [0.29, 0.717) is 11.5 Å². The monoisotopic (exact) mass is 360 g/mol. The third kappa shape index (κ3) is 4.47. The van der Waals surface area contributed by atoms with Crippen molar-refractivity contribution in [1.82, 2.24) is 20.0 Å². The van der Waals surface area contributed by atoms with Gasteiger partial charge in [0.15, 0.2) is 6.10 Å². The molecule has 0 aliphatic carbocycles. The molecule has 3 rings (SSSR count). The van der Waals surface area contributed by atoms with Crippen LogP contribution >= 0.6 is 0 Å². The van der Waals surface area contributed by atoms with E-state index in [-0.39, 0.29) is 6.54 Å². The van der Waals surface area contributed by atoms with E-state index in [2.05, 4.69) is 29.2 Å². The normalized spacial score (nSPS) is 15.7. The number of halogens is 1. The smallest absolute Gasteiger partial charge is 0.253 e. The molecule has 1 atom stereocenters. The molecule has 2 heterocycles. The second-order valence-electron chi connectivity index (χ2n) is 7.15. The predicted octanol–water partition coefficient (Wildman–Crippen LogP) is 1.84. The van der Waals surface area contributed by atoms with Crippen LogP contribution < -0.4 is 5.32 Å². The van der Waals surface area contributed by atoms with Crippen LogP contribution in [0.4, 0.5) is 4.39 Å². The SMILES string of the molecule is CC(C)CN1CCn2nc(CNC(=O)C(O)c3ccc(F)cc3)cc2C1. The third-order valence-electron chi connectivity index (χ3n) is 4.43. The fourth-order valence-electron chi connectivity index (χ4n) is 3.21. The third-order valence-corrected chi connectivity index (χ3v) is 4.43. The lowest BCUT2D eigenvalue weighted by molar-refractivity contribution is -0.129. The fourth-order valence-corrected chi connectivity index (χ4v) is 3.21. The van der Waals surface area contributed by atoms with Gasteiger partial charge < -0.3 is 10.4 Å². The highest BCUT2D eigenvalue weighted by Gasteiger charge is 2.20. The van der Waals surface area contributed by atoms with Gasteiger partial charge in [0.1, 0.15) is 5.82 Å². The number of benzene rings is 1. The van der Waals surface area contributed by atoms with Gasteiger partial charge in [-0.25, -0.2) is 4.39 Å². The van der Waals surface area contributed by atoms with Gasteiger partial charge in [-0.05, 0) is 29.7 Å². The van der Waals surface area contributed by atoms with E-state index < -0.39 is 17.8 Å². The molecule has 0 fully saturated rings. The number of aliphatic hydroxyl groups is 1. The average Bonchev–Trinajstić information content (AvgIpc) is 3.01. The first-order valence-corrected chi connectivity index (χ1v) is 8.91. The Morgan fingerprint density at radius 1 is 1.31 bits per heavy atom. The first kappa shape index (κ1) is 18.5. The Morgan fingerprint density at radius 3 is 2.73 bits per heavy atom. The molecule has 0 bridgehead atoms. The minimum Gasteiger partial charge on any atom is -0.378 e. The highest BCUT2D eigenvalue weighted by molar-refractivity contribution is 5.81. The van der Waals surface area contributed by atoms with E-state index in [9.17, 15) is 14.3 Å². The van der Waals surface area contributed by atoms with Crippen LogP contribution in [0.1, 0.15) is 36.9 Å². The molecule has 6 nitrogen and oxygen atoms in total. The molecule has 1 aliphatic heterocycles. The maximum absolute atomic E-state index is 12.9. The van der Waals surface area contributed by atoms with E-state index in [1.807, 2.05) is 10.7 Å². The molecule has 1 unspecified atom stereocenters. The van der Waals surface area contributed by atoms with Crippen molar-refractivity contribution in [1.29, 1.82) is 0 Å². The number of hydrogen-bond donors (Lipinski definition) is 2. The summed E-state index contributed by atoms with van der Waals surface area (Å²) >= 11 is 0. The maximum Gasteiger partial charge on any atom is 0.253 e. The first-order valence-electron chi connectivity index (χ1n) is 8.91. The zero-order valence-corrected chi connectivity index (χ0v) is 15.2. The van der Waals surface area contributed by atoms with E-state index >= 15 is 0 Å². The van der Waals surface area contributed by atoms with Gasteiger partial charge in [-0.2, -0.15) is 5.10 Å². The molecule has 0 saturated heterocycles. The van der Waals surface area contributed by atoms with Crippen LogP contribution in [0.25, 0.3) is 0 Å². The largest absolute Gasteiger partial charge is 0.378 e. The van der Waals surface area contributed by atoms with Crippen molar-refractivity contribution in [3.05, 3.63) is 53.1 Å². The molecular weight excluding hydrogens is 335 g/mol. The van der Waals surface area contributed by atoms with Gasteiger partial charge in [-0.1, -0.05) is 26.0 Å². The summed E-state index contributed by atoms with van der Waals surface area (Å²) in [5, 5.41) is 17.3. The van der Waals surface area contributed by atoms with Crippen LogP contribution in [0.2, 0.25) is 0 Å². The number of rotatable bonds is 6. The molecule has 0 spiro atoms. The second kappa shape index (κ2) is 7.97. The maximum atomic E-state index is 12.9. The van der Waals surface area contributed by atoms with Crippen molar-refractivity contribution < 1.29 is 14.3 Å². The van der Waals surface area contributed by atoms with Gasteiger partial charge in [-0.3, -0.25) is 14.4 Å². The average molecular weight is 360 g/mol. The number of fused-ring (bicyclic) bond motifs is 1. The number of aliphatic hydroxyl groups excluding tert-OH is 1. The summed E-state index contributed by atoms with van der Waals surface area (Å²) in [6.45, 7) is 8.40. The molecule has 0 saturated carbocycles. The second-order valence-corrected chi connectivity index (χ2v) is 7.15. The quantitative estimate of drug-likeness (QED) is 0.825. The zero-order valence-electron chi connectivity index (χ0n) is 15.2. The van der Waals surface area contributed by atoms with Crippen LogP contribution in [-0.2, 0) is 24.4 Å². The Hall–Kier alpha value is -2.25. The summed E-state index contributed by atoms with van der Waals surface area (Å²) in [6, 6.07) is 7.24. The highest BCUT2D eigenvalue weighted by atomic mass is 19.1. The van der Waals surface area contributed by atoms with Crippen LogP contribution in [0.5, 0.6) is 0 Å². The minimum atomic E-state index is -1.32. The van der Waals surface area contributed by atoms with Crippen LogP contribution in [0, 0.1) is 11.7 Å². The standard InChI is InChI=1S/C19H25FN4O2/c1-13(2)11-23-7-8-24-17(12-23)9-16(22-24)10-21-19(26)18(25)14-3-5-15(20)6-4-14/h3-6,9,13,18,25H,7-8,10-12H2,1-2H3,(H,21,26). The summed E-state index contributed by atoms with van der Waals surface area (Å²) in [4.78, 5) is 14.5. The predicted molar refractivity (Wildman–Crippen MR) is 95.5 cm³/mol. The van der Waals surface area contributed by atoms with Crippen molar-refractivity contribution in [2.75, 3.05) is 13.1 Å². The lowest BCUT2D eigenvalue weighted by Gasteiger charge is -2.28. The van der Waals surface area contributed by atoms with Gasteiger partial charge in [-0.15, -0.1) is 0 Å². The Kier molecular flexibility index (Phi) is 5.68. The van der Waals surface area contributed by atoms with Gasteiger partial charge in [0.05, 0.1) is 24.5 Å². The van der Waals surface area contributed by atoms with Crippen molar-refractivity contribution in [3.63, 3.8) is 0 Å². The first-order chi connectivity index (χ1) is 12.4. The van der Waals surface area contributed by atoms with Crippen LogP contribution in [-0.4, -0.2) is 38.8 Å². The number of hydrogen-bond acceptors (Lipinski definition) is 4. The van der Waals surface area contributed by atoms with E-state index in [1.165, 1.54) is 24.3 Å². The van der Waals surface area contributed by atoms with E-state index in [0.717, 1.165) is 37.6 Å². The molecule has 1 amide bonds. The summed E-state index contributed by atoms with van der Waals surface area (Å²) in [7, 11) is 0. The molecule has 2 N–H and O–H groups in total. The van der Waals surface area contributed by atoms with Gasteiger partial charge in [0, 0.05) is 19.6 Å². The number of nitrogens with one attached hydrogen (secondary N) is 1. The van der Waals surface area contributed by atoms with Crippen molar-refractivity contribution >= 4 is 5.91 Å². The van der Waals surface area contributed by atoms with Crippen LogP contribution in [0.15, 0.2) is 30.3 Å². The number of nitrogens with zero attached hydrogens (tertiary/aromatic N) is 3. The van der Waals surface area contributed by atoms with Crippen molar-refractivity contribution in [2.45, 2.75) is 39.6 Å². The zero-order chi connectivity index (χ0) is 18.7. The Bertz CT molecular complexity index is 757. The Morgan fingerprint density at radius 2 is 2.04 bits per heavy atom. The molecule has 1 aromatic heterocycles. The summed E-state index contributed by atoms with van der Waals surface area (Å²) < 4.78 is 14.9. The molecule has 26 heavy (non-hydrogen) atoms. The highest BCUT2D eigenvalue weighted by Crippen LogP contribution is 2.16. The number of aromatic nitrogens is 2. The molecule has 2 aromatic rings. The lowest BCUT2D eigenvalue weighted by Crippen LogP contribution is -2.36. The van der Waals surface area contributed by atoms with Gasteiger partial charge >= 0.3 is 0 Å². The van der Waals surface area contributed by atoms with E-state index in [4.69, 9.17) is 0 Å². The molecular formula is C19H25FN4O2. The summed E-state index contributed by atoms with van der Waals surface area (Å²) in [5.74, 6) is -0.309. The molecule has 140 valence electrons. The Balaban J connectivity index is 1.56. The number of amides is 1. The van der Waals surface area contributed by atoms with Gasteiger partial charge in [0.25, 0.3) is 5.91 Å². The summed E-state index contributed by atoms with van der Waals surface area (Å²) in [5.41, 5.74) is 2.27. The summed E-state index contributed by atoms with van der Waals surface area (Å²) in [6.07, 6.45) is -1.32. The minimum absolute atomic E-state index is 0.251. The van der Waals surface area contributed by atoms with Crippen LogP contribution in [0.3, 0.4) is 0 Å². The molecule has 0 radical (unpaired) electrons. The van der Waals surface area contributed by atoms with Crippen molar-refractivity contribution in [3.8, 4) is 0 Å². The van der Waals surface area contributed by atoms with E-state index in [1.54, 1.807) is 0 Å².